The largest absolute Gasteiger partial charge is 0.397 e. The summed E-state index contributed by atoms with van der Waals surface area (Å²) in [6, 6.07) is 14.8. The van der Waals surface area contributed by atoms with E-state index in [0.717, 1.165) is 27.2 Å². The van der Waals surface area contributed by atoms with Gasteiger partial charge in [-0.2, -0.15) is 0 Å². The fourth-order valence-electron chi connectivity index (χ4n) is 2.60. The molecule has 1 aromatic heterocycles. The minimum absolute atomic E-state index is 0.753. The number of nitrogen functional groups attached to an aromatic ring is 1. The van der Waals surface area contributed by atoms with Crippen LogP contribution >= 0.6 is 11.8 Å². The smallest absolute Gasteiger partial charge is 0.0714 e. The molecule has 2 nitrogen and oxygen atoms in total. The Balaban J connectivity index is 1.93. The minimum Gasteiger partial charge on any atom is -0.397 e. The second-order valence-corrected chi connectivity index (χ2v) is 6.33. The van der Waals surface area contributed by atoms with E-state index in [1.807, 2.05) is 18.2 Å². The molecule has 0 fully saturated rings. The average molecular weight is 294 g/mol. The Labute approximate surface area is 129 Å². The van der Waals surface area contributed by atoms with Crippen molar-refractivity contribution in [3.05, 3.63) is 65.4 Å². The number of aryl methyl sites for hydroxylation is 2. The number of hydrogen-bond acceptors (Lipinski definition) is 3. The van der Waals surface area contributed by atoms with Gasteiger partial charge in [0.15, 0.2) is 0 Å². The minimum atomic E-state index is 0.753. The van der Waals surface area contributed by atoms with Gasteiger partial charge in [0.25, 0.3) is 0 Å². The highest BCUT2D eigenvalue weighted by Gasteiger charge is 2.07. The molecule has 0 amide bonds. The summed E-state index contributed by atoms with van der Waals surface area (Å²) in [4.78, 5) is 5.51. The number of rotatable bonds is 3. The predicted molar refractivity (Wildman–Crippen MR) is 91.6 cm³/mol. The third-order valence-electron chi connectivity index (χ3n) is 3.42. The Morgan fingerprint density at radius 3 is 2.52 bits per heavy atom. The summed E-state index contributed by atoms with van der Waals surface area (Å²) in [5, 5.41) is 1.13. The van der Waals surface area contributed by atoms with Crippen LogP contribution in [0.15, 0.2) is 53.6 Å². The Morgan fingerprint density at radius 1 is 1.05 bits per heavy atom. The first-order chi connectivity index (χ1) is 10.1. The second kappa shape index (κ2) is 5.78. The normalized spacial score (nSPS) is 11.0. The van der Waals surface area contributed by atoms with Gasteiger partial charge >= 0.3 is 0 Å². The lowest BCUT2D eigenvalue weighted by Gasteiger charge is -2.10. The maximum Gasteiger partial charge on any atom is 0.0714 e. The van der Waals surface area contributed by atoms with E-state index in [9.17, 15) is 0 Å². The van der Waals surface area contributed by atoms with Crippen LogP contribution in [0.25, 0.3) is 10.9 Å². The van der Waals surface area contributed by atoms with Crippen LogP contribution in [0.5, 0.6) is 0 Å². The number of pyridine rings is 1. The van der Waals surface area contributed by atoms with E-state index in [0.29, 0.717) is 0 Å². The van der Waals surface area contributed by atoms with E-state index in [1.54, 1.807) is 18.0 Å². The van der Waals surface area contributed by atoms with Crippen molar-refractivity contribution in [1.29, 1.82) is 0 Å². The molecule has 3 aromatic rings. The van der Waals surface area contributed by atoms with E-state index in [1.165, 1.54) is 16.7 Å². The van der Waals surface area contributed by atoms with Crippen LogP contribution in [0.3, 0.4) is 0 Å². The Morgan fingerprint density at radius 2 is 1.76 bits per heavy atom. The lowest BCUT2D eigenvalue weighted by Crippen LogP contribution is -1.93. The standard InChI is InChI=1S/C18H18N2S/c1-12-7-13(2)9-14(8-12)11-21-18-15-5-3-4-6-17(15)20-10-16(18)19/h3-10H,11,19H2,1-2H3. The van der Waals surface area contributed by atoms with Crippen molar-refractivity contribution in [2.45, 2.75) is 24.5 Å². The molecule has 0 saturated carbocycles. The van der Waals surface area contributed by atoms with Crippen molar-refractivity contribution in [2.24, 2.45) is 0 Å². The molecule has 0 aliphatic carbocycles. The molecule has 0 bridgehead atoms. The highest BCUT2D eigenvalue weighted by atomic mass is 32.2. The molecule has 3 rings (SSSR count). The predicted octanol–water partition coefficient (Wildman–Crippen LogP) is 4.73. The van der Waals surface area contributed by atoms with Crippen molar-refractivity contribution in [3.8, 4) is 0 Å². The maximum absolute atomic E-state index is 6.13. The number of hydrogen-bond donors (Lipinski definition) is 1. The van der Waals surface area contributed by atoms with Crippen molar-refractivity contribution >= 4 is 28.4 Å². The van der Waals surface area contributed by atoms with Crippen LogP contribution in [-0.4, -0.2) is 4.98 Å². The maximum atomic E-state index is 6.13. The molecule has 0 spiro atoms. The van der Waals surface area contributed by atoms with E-state index in [-0.39, 0.29) is 0 Å². The fourth-order valence-corrected chi connectivity index (χ4v) is 3.63. The molecule has 0 aliphatic rings. The summed E-state index contributed by atoms with van der Waals surface area (Å²) in [5.41, 5.74) is 11.8. The summed E-state index contributed by atoms with van der Waals surface area (Å²) in [6.45, 7) is 4.27. The number of benzene rings is 2. The first kappa shape index (κ1) is 14.0. The van der Waals surface area contributed by atoms with Crippen molar-refractivity contribution in [1.82, 2.24) is 4.98 Å². The zero-order valence-corrected chi connectivity index (χ0v) is 13.1. The first-order valence-electron chi connectivity index (χ1n) is 6.96. The van der Waals surface area contributed by atoms with Gasteiger partial charge in [0.1, 0.15) is 0 Å². The molecule has 0 aliphatic heterocycles. The SMILES string of the molecule is Cc1cc(C)cc(CSc2c(N)cnc3ccccc23)c1. The third-order valence-corrected chi connectivity index (χ3v) is 4.64. The lowest BCUT2D eigenvalue weighted by atomic mass is 10.1. The van der Waals surface area contributed by atoms with Gasteiger partial charge in [-0.15, -0.1) is 11.8 Å². The molecule has 2 N–H and O–H groups in total. The first-order valence-corrected chi connectivity index (χ1v) is 7.95. The fraction of sp³-hybridized carbons (Fsp3) is 0.167. The van der Waals surface area contributed by atoms with Crippen molar-refractivity contribution in [3.63, 3.8) is 0 Å². The quantitative estimate of drug-likeness (QED) is 0.710. The van der Waals surface area contributed by atoms with Gasteiger partial charge in [0, 0.05) is 16.0 Å². The molecular weight excluding hydrogens is 276 g/mol. The van der Waals surface area contributed by atoms with E-state index < -0.39 is 0 Å². The molecule has 21 heavy (non-hydrogen) atoms. The van der Waals surface area contributed by atoms with Crippen LogP contribution in [0, 0.1) is 13.8 Å². The summed E-state index contributed by atoms with van der Waals surface area (Å²) >= 11 is 1.78. The number of nitrogens with zero attached hydrogens (tertiary/aromatic N) is 1. The van der Waals surface area contributed by atoms with Gasteiger partial charge in [0.2, 0.25) is 0 Å². The molecule has 3 heteroatoms. The molecule has 1 heterocycles. The summed E-state index contributed by atoms with van der Waals surface area (Å²) in [6.07, 6.45) is 1.76. The number of thioether (sulfide) groups is 1. The number of nitrogens with two attached hydrogens (primary N) is 1. The van der Waals surface area contributed by atoms with Crippen LogP contribution in [0.1, 0.15) is 16.7 Å². The second-order valence-electron chi connectivity index (χ2n) is 5.34. The molecule has 0 unspecified atom stereocenters. The van der Waals surface area contributed by atoms with Crippen LogP contribution in [-0.2, 0) is 5.75 Å². The van der Waals surface area contributed by atoms with Crippen LogP contribution in [0.2, 0.25) is 0 Å². The van der Waals surface area contributed by atoms with Crippen molar-refractivity contribution < 1.29 is 0 Å². The van der Waals surface area contributed by atoms with Gasteiger partial charge < -0.3 is 5.73 Å². The highest BCUT2D eigenvalue weighted by molar-refractivity contribution is 7.99. The molecule has 0 saturated heterocycles. The Kier molecular flexibility index (Phi) is 3.84. The Bertz CT molecular complexity index is 776. The monoisotopic (exact) mass is 294 g/mol. The highest BCUT2D eigenvalue weighted by Crippen LogP contribution is 2.34. The molecule has 0 radical (unpaired) electrons. The zero-order chi connectivity index (χ0) is 14.8. The zero-order valence-electron chi connectivity index (χ0n) is 12.3. The van der Waals surface area contributed by atoms with Gasteiger partial charge in [-0.05, 0) is 25.5 Å². The van der Waals surface area contributed by atoms with E-state index >= 15 is 0 Å². The van der Waals surface area contributed by atoms with Gasteiger partial charge in [-0.3, -0.25) is 4.98 Å². The molecular formula is C18H18N2S. The number of aromatic nitrogens is 1. The van der Waals surface area contributed by atoms with Crippen LogP contribution in [0.4, 0.5) is 5.69 Å². The number of para-hydroxylation sites is 1. The van der Waals surface area contributed by atoms with Gasteiger partial charge in [0.05, 0.1) is 17.4 Å². The van der Waals surface area contributed by atoms with Gasteiger partial charge in [-0.25, -0.2) is 0 Å². The summed E-state index contributed by atoms with van der Waals surface area (Å²) in [5.74, 6) is 0.917. The van der Waals surface area contributed by atoms with Crippen molar-refractivity contribution in [2.75, 3.05) is 5.73 Å². The topological polar surface area (TPSA) is 38.9 Å². The van der Waals surface area contributed by atoms with E-state index in [4.69, 9.17) is 5.73 Å². The molecule has 2 aromatic carbocycles. The number of anilines is 1. The van der Waals surface area contributed by atoms with E-state index in [2.05, 4.69) is 43.1 Å². The Hall–Kier alpha value is -2.00. The summed E-state index contributed by atoms with van der Waals surface area (Å²) in [7, 11) is 0. The van der Waals surface area contributed by atoms with Gasteiger partial charge in [-0.1, -0.05) is 47.5 Å². The molecule has 106 valence electrons. The summed E-state index contributed by atoms with van der Waals surface area (Å²) < 4.78 is 0. The number of fused-ring (bicyclic) bond motifs is 1. The average Bonchev–Trinajstić information content (AvgIpc) is 2.45. The third kappa shape index (κ3) is 3.03. The van der Waals surface area contributed by atoms with Crippen LogP contribution < -0.4 is 5.73 Å². The molecule has 0 atom stereocenters. The lowest BCUT2D eigenvalue weighted by molar-refractivity contribution is 1.29.